The van der Waals surface area contributed by atoms with E-state index in [2.05, 4.69) is 10.4 Å². The summed E-state index contributed by atoms with van der Waals surface area (Å²) in [5, 5.41) is 18.2. The van der Waals surface area contributed by atoms with Gasteiger partial charge in [0.15, 0.2) is 0 Å². The molecule has 3 rings (SSSR count). The third-order valence-electron chi connectivity index (χ3n) is 3.70. The number of nitriles is 1. The molecule has 120 valence electrons. The summed E-state index contributed by atoms with van der Waals surface area (Å²) < 4.78 is 19.4. The highest BCUT2D eigenvalue weighted by Gasteiger charge is 2.23. The number of nitrogens with zero attached hydrogens (tertiary/aromatic N) is 2. The lowest BCUT2D eigenvalue weighted by molar-refractivity contribution is 0.398. The van der Waals surface area contributed by atoms with Crippen molar-refractivity contribution in [2.24, 2.45) is 0 Å². The highest BCUT2D eigenvalue weighted by atomic mass is 32.2. The van der Waals surface area contributed by atoms with Crippen molar-refractivity contribution in [2.45, 2.75) is 24.2 Å². The second-order valence-corrected chi connectivity index (χ2v) is 5.62. The fraction of sp³-hybridized carbons (Fsp3) is 0.294. The normalized spacial score (nSPS) is 12.0. The number of rotatable bonds is 3. The van der Waals surface area contributed by atoms with Gasteiger partial charge in [0.2, 0.25) is 5.88 Å². The summed E-state index contributed by atoms with van der Waals surface area (Å²) in [4.78, 5) is 4.93. The standard InChI is InChI=1S/C16H13FN2OS.CH4O/c1-20-15-7-10(5-6-19-15)13-8-14(17)11-3-2-4-12(11)16(13)21-9-18;1-2/h5-8H,2-4H2,1H3;2H,1H3. The van der Waals surface area contributed by atoms with E-state index < -0.39 is 0 Å². The van der Waals surface area contributed by atoms with E-state index in [1.54, 1.807) is 25.4 Å². The summed E-state index contributed by atoms with van der Waals surface area (Å²) in [6, 6.07) is 5.09. The van der Waals surface area contributed by atoms with Gasteiger partial charge in [-0.2, -0.15) is 5.26 Å². The number of benzene rings is 1. The van der Waals surface area contributed by atoms with Crippen molar-refractivity contribution in [3.8, 4) is 22.4 Å². The number of thiocyanates is 1. The smallest absolute Gasteiger partial charge is 0.213 e. The van der Waals surface area contributed by atoms with Gasteiger partial charge >= 0.3 is 0 Å². The van der Waals surface area contributed by atoms with Crippen LogP contribution >= 0.6 is 11.8 Å². The van der Waals surface area contributed by atoms with Crippen molar-refractivity contribution < 1.29 is 14.2 Å². The Kier molecular flexibility index (Phi) is 5.97. The molecule has 0 spiro atoms. The van der Waals surface area contributed by atoms with Crippen LogP contribution in [0.1, 0.15) is 17.5 Å². The molecule has 2 aromatic rings. The molecule has 1 N–H and O–H groups in total. The molecule has 4 nitrogen and oxygen atoms in total. The number of aromatic nitrogens is 1. The lowest BCUT2D eigenvalue weighted by Crippen LogP contribution is -1.96. The molecule has 23 heavy (non-hydrogen) atoms. The van der Waals surface area contributed by atoms with Crippen LogP contribution in [0, 0.1) is 16.5 Å². The number of aliphatic hydroxyl groups is 1. The van der Waals surface area contributed by atoms with Crippen molar-refractivity contribution in [3.05, 3.63) is 41.3 Å². The quantitative estimate of drug-likeness (QED) is 0.687. The van der Waals surface area contributed by atoms with E-state index in [0.717, 1.165) is 65.3 Å². The van der Waals surface area contributed by atoms with Crippen LogP contribution in [0.15, 0.2) is 29.3 Å². The Morgan fingerprint density at radius 3 is 2.74 bits per heavy atom. The largest absolute Gasteiger partial charge is 0.481 e. The lowest BCUT2D eigenvalue weighted by Gasteiger charge is -2.13. The number of fused-ring (bicyclic) bond motifs is 1. The average Bonchev–Trinajstić information content (AvgIpc) is 3.09. The first-order chi connectivity index (χ1) is 11.2. The molecule has 0 bridgehead atoms. The van der Waals surface area contributed by atoms with Gasteiger partial charge in [0.05, 0.1) is 7.11 Å². The van der Waals surface area contributed by atoms with Crippen molar-refractivity contribution in [1.29, 1.82) is 5.26 Å². The summed E-state index contributed by atoms with van der Waals surface area (Å²) in [6.07, 6.45) is 4.14. The number of aliphatic hydroxyl groups excluding tert-OH is 1. The zero-order valence-corrected chi connectivity index (χ0v) is 13.8. The Morgan fingerprint density at radius 2 is 2.04 bits per heavy atom. The van der Waals surface area contributed by atoms with E-state index in [1.165, 1.54) is 6.07 Å². The molecule has 1 heterocycles. The van der Waals surface area contributed by atoms with Gasteiger partial charge in [-0.25, -0.2) is 9.37 Å². The van der Waals surface area contributed by atoms with Crippen LogP contribution in [0.5, 0.6) is 5.88 Å². The highest BCUT2D eigenvalue weighted by Crippen LogP contribution is 2.41. The molecule has 1 aliphatic carbocycles. The van der Waals surface area contributed by atoms with E-state index in [0.29, 0.717) is 5.88 Å². The first-order valence-corrected chi connectivity index (χ1v) is 7.91. The molecule has 0 saturated heterocycles. The predicted molar refractivity (Wildman–Crippen MR) is 87.8 cm³/mol. The molecule has 0 radical (unpaired) electrons. The molecule has 6 heteroatoms. The average molecular weight is 332 g/mol. The van der Waals surface area contributed by atoms with Gasteiger partial charge in [-0.1, -0.05) is 0 Å². The molecule has 0 atom stereocenters. The van der Waals surface area contributed by atoms with Gasteiger partial charge in [0, 0.05) is 24.3 Å². The topological polar surface area (TPSA) is 66.1 Å². The number of pyridine rings is 1. The lowest BCUT2D eigenvalue weighted by atomic mass is 10.0. The molecule has 1 aliphatic rings. The Bertz CT molecular complexity index is 744. The number of hydrogen-bond acceptors (Lipinski definition) is 5. The highest BCUT2D eigenvalue weighted by molar-refractivity contribution is 8.03. The van der Waals surface area contributed by atoms with Crippen molar-refractivity contribution in [2.75, 3.05) is 14.2 Å². The van der Waals surface area contributed by atoms with Gasteiger partial charge in [-0.15, -0.1) is 0 Å². The maximum absolute atomic E-state index is 14.3. The zero-order chi connectivity index (χ0) is 16.8. The first kappa shape index (κ1) is 17.3. The van der Waals surface area contributed by atoms with Gasteiger partial charge in [-0.05, 0) is 65.4 Å². The molecule has 0 amide bonds. The number of methoxy groups -OCH3 is 1. The minimum Gasteiger partial charge on any atom is -0.481 e. The Morgan fingerprint density at radius 1 is 1.30 bits per heavy atom. The second-order valence-electron chi connectivity index (χ2n) is 4.83. The maximum Gasteiger partial charge on any atom is 0.213 e. The fourth-order valence-electron chi connectivity index (χ4n) is 2.77. The summed E-state index contributed by atoms with van der Waals surface area (Å²) in [6.45, 7) is 0. The fourth-order valence-corrected chi connectivity index (χ4v) is 3.49. The van der Waals surface area contributed by atoms with E-state index in [-0.39, 0.29) is 5.82 Å². The van der Waals surface area contributed by atoms with Crippen LogP contribution in [0.2, 0.25) is 0 Å². The Balaban J connectivity index is 0.000000924. The summed E-state index contributed by atoms with van der Waals surface area (Å²) in [5.74, 6) is 0.289. The van der Waals surface area contributed by atoms with Crippen LogP contribution < -0.4 is 4.74 Å². The summed E-state index contributed by atoms with van der Waals surface area (Å²) >= 11 is 1.10. The first-order valence-electron chi connectivity index (χ1n) is 7.10. The summed E-state index contributed by atoms with van der Waals surface area (Å²) in [5.41, 5.74) is 3.29. The Hall–Kier alpha value is -2.10. The van der Waals surface area contributed by atoms with E-state index >= 15 is 0 Å². The van der Waals surface area contributed by atoms with Crippen LogP contribution in [-0.4, -0.2) is 24.3 Å². The predicted octanol–water partition coefficient (Wildman–Crippen LogP) is 3.57. The molecule has 0 saturated carbocycles. The van der Waals surface area contributed by atoms with Crippen LogP contribution in [0.3, 0.4) is 0 Å². The van der Waals surface area contributed by atoms with Gasteiger partial charge in [-0.3, -0.25) is 0 Å². The van der Waals surface area contributed by atoms with Crippen molar-refractivity contribution in [3.63, 3.8) is 0 Å². The third kappa shape index (κ3) is 3.46. The molecule has 1 aromatic heterocycles. The number of ether oxygens (including phenoxy) is 1. The van der Waals surface area contributed by atoms with Crippen LogP contribution in [0.25, 0.3) is 11.1 Å². The van der Waals surface area contributed by atoms with E-state index in [9.17, 15) is 4.39 Å². The summed E-state index contributed by atoms with van der Waals surface area (Å²) in [7, 11) is 2.54. The van der Waals surface area contributed by atoms with Gasteiger partial charge in [0.1, 0.15) is 11.2 Å². The van der Waals surface area contributed by atoms with Crippen LogP contribution in [0.4, 0.5) is 4.39 Å². The maximum atomic E-state index is 14.3. The van der Waals surface area contributed by atoms with Gasteiger partial charge in [0.25, 0.3) is 0 Å². The number of thioether (sulfide) groups is 1. The van der Waals surface area contributed by atoms with Crippen LogP contribution in [-0.2, 0) is 12.8 Å². The minimum atomic E-state index is -0.185. The minimum absolute atomic E-state index is 0.185. The number of hydrogen-bond donors (Lipinski definition) is 1. The molecular formula is C17H17FN2O2S. The monoisotopic (exact) mass is 332 g/mol. The molecular weight excluding hydrogens is 315 g/mol. The SMILES string of the molecule is CO.COc1cc(-c2cc(F)c3c(c2SC#N)CCC3)ccn1. The Labute approximate surface area is 138 Å². The molecule has 0 aliphatic heterocycles. The molecule has 1 aromatic carbocycles. The number of halogens is 1. The third-order valence-corrected chi connectivity index (χ3v) is 4.46. The van der Waals surface area contributed by atoms with Crippen molar-refractivity contribution >= 4 is 11.8 Å². The molecule has 0 unspecified atom stereocenters. The zero-order valence-electron chi connectivity index (χ0n) is 13.0. The van der Waals surface area contributed by atoms with Gasteiger partial charge < -0.3 is 9.84 Å². The second kappa shape index (κ2) is 7.95. The van der Waals surface area contributed by atoms with E-state index in [4.69, 9.17) is 15.1 Å². The molecule has 0 fully saturated rings. The van der Waals surface area contributed by atoms with Crippen molar-refractivity contribution in [1.82, 2.24) is 4.98 Å². The van der Waals surface area contributed by atoms with E-state index in [1.807, 2.05) is 0 Å².